The van der Waals surface area contributed by atoms with Gasteiger partial charge in [0.1, 0.15) is 0 Å². The number of thioether (sulfide) groups is 1. The lowest BCUT2D eigenvalue weighted by Crippen LogP contribution is -2.26. The Morgan fingerprint density at radius 2 is 2.00 bits per heavy atom. The molecule has 0 saturated heterocycles. The number of carbonyl (C=O) groups excluding carboxylic acids is 1. The number of hydrogen-bond donors (Lipinski definition) is 2. The summed E-state index contributed by atoms with van der Waals surface area (Å²) in [7, 11) is 0. The quantitative estimate of drug-likeness (QED) is 0.686. The van der Waals surface area contributed by atoms with Crippen molar-refractivity contribution >= 4 is 34.1 Å². The van der Waals surface area contributed by atoms with E-state index in [0.717, 1.165) is 29.0 Å². The molecule has 0 radical (unpaired) electrons. The van der Waals surface area contributed by atoms with Crippen LogP contribution in [0.1, 0.15) is 34.1 Å². The van der Waals surface area contributed by atoms with Gasteiger partial charge in [-0.3, -0.25) is 4.79 Å². The second-order valence-electron chi connectivity index (χ2n) is 5.47. The highest BCUT2D eigenvalue weighted by atomic mass is 32.2. The van der Waals surface area contributed by atoms with E-state index < -0.39 is 0 Å². The van der Waals surface area contributed by atoms with Crippen molar-refractivity contribution in [1.82, 2.24) is 15.5 Å². The maximum atomic E-state index is 11.6. The summed E-state index contributed by atoms with van der Waals surface area (Å²) in [6, 6.07) is 0. The molecule has 0 fully saturated rings. The number of anilines is 1. The molecule has 20 heavy (non-hydrogen) atoms. The molecule has 0 aliphatic rings. The molecular formula is C13H24N4OS2. The lowest BCUT2D eigenvalue weighted by Gasteiger charge is -2.06. The molecule has 1 amide bonds. The van der Waals surface area contributed by atoms with Crippen molar-refractivity contribution in [1.29, 1.82) is 0 Å². The van der Waals surface area contributed by atoms with Gasteiger partial charge in [-0.25, -0.2) is 0 Å². The van der Waals surface area contributed by atoms with E-state index in [0.29, 0.717) is 17.6 Å². The van der Waals surface area contributed by atoms with E-state index in [1.807, 2.05) is 0 Å². The fourth-order valence-electron chi connectivity index (χ4n) is 1.31. The molecule has 2 N–H and O–H groups in total. The first-order valence-corrected chi connectivity index (χ1v) is 8.74. The normalized spacial score (nSPS) is 11.1. The predicted octanol–water partition coefficient (Wildman–Crippen LogP) is 2.86. The minimum Gasteiger partial charge on any atom is -0.360 e. The third kappa shape index (κ3) is 7.69. The molecule has 0 spiro atoms. The van der Waals surface area contributed by atoms with Gasteiger partial charge in [0.25, 0.3) is 0 Å². The molecule has 5 nitrogen and oxygen atoms in total. The first-order chi connectivity index (χ1) is 9.47. The molecule has 0 saturated carbocycles. The van der Waals surface area contributed by atoms with Gasteiger partial charge in [-0.2, -0.15) is 0 Å². The van der Waals surface area contributed by atoms with Gasteiger partial charge in [0.2, 0.25) is 11.0 Å². The van der Waals surface area contributed by atoms with E-state index in [-0.39, 0.29) is 5.91 Å². The highest BCUT2D eigenvalue weighted by Crippen LogP contribution is 2.25. The Balaban J connectivity index is 2.22. The van der Waals surface area contributed by atoms with Gasteiger partial charge in [0.05, 0.1) is 5.75 Å². The molecule has 1 heterocycles. The maximum Gasteiger partial charge on any atom is 0.230 e. The third-order valence-electron chi connectivity index (χ3n) is 2.44. The smallest absolute Gasteiger partial charge is 0.230 e. The van der Waals surface area contributed by atoms with Crippen molar-refractivity contribution in [3.8, 4) is 0 Å². The van der Waals surface area contributed by atoms with Crippen LogP contribution in [0.5, 0.6) is 0 Å². The Morgan fingerprint density at radius 3 is 2.65 bits per heavy atom. The molecule has 7 heteroatoms. The van der Waals surface area contributed by atoms with Crippen LogP contribution in [-0.4, -0.2) is 34.9 Å². The minimum atomic E-state index is 0.0579. The zero-order valence-electron chi connectivity index (χ0n) is 12.6. The fourth-order valence-corrected chi connectivity index (χ4v) is 2.90. The summed E-state index contributed by atoms with van der Waals surface area (Å²) >= 11 is 2.93. The van der Waals surface area contributed by atoms with E-state index in [4.69, 9.17) is 0 Å². The number of rotatable bonds is 9. The Kier molecular flexibility index (Phi) is 7.91. The van der Waals surface area contributed by atoms with Gasteiger partial charge in [0, 0.05) is 13.1 Å². The average Bonchev–Trinajstić information content (AvgIpc) is 2.81. The summed E-state index contributed by atoms with van der Waals surface area (Å²) in [6.45, 7) is 10.2. The molecule has 1 aromatic rings. The number of amides is 1. The molecule has 1 rings (SSSR count). The number of nitrogens with zero attached hydrogens (tertiary/aromatic N) is 2. The minimum absolute atomic E-state index is 0.0579. The van der Waals surface area contributed by atoms with Crippen molar-refractivity contribution < 1.29 is 4.79 Å². The van der Waals surface area contributed by atoms with Gasteiger partial charge in [-0.15, -0.1) is 10.2 Å². The topological polar surface area (TPSA) is 66.9 Å². The summed E-state index contributed by atoms with van der Waals surface area (Å²) in [4.78, 5) is 11.6. The van der Waals surface area contributed by atoms with Crippen LogP contribution in [0.2, 0.25) is 0 Å². The zero-order valence-corrected chi connectivity index (χ0v) is 14.2. The summed E-state index contributed by atoms with van der Waals surface area (Å²) < 4.78 is 0.829. The van der Waals surface area contributed by atoms with Crippen LogP contribution in [0.25, 0.3) is 0 Å². The van der Waals surface area contributed by atoms with Crippen LogP contribution in [-0.2, 0) is 4.79 Å². The van der Waals surface area contributed by atoms with Crippen LogP contribution < -0.4 is 10.6 Å². The second-order valence-corrected chi connectivity index (χ2v) is 7.67. The Hall–Kier alpha value is -0.820. The Labute approximate surface area is 129 Å². The van der Waals surface area contributed by atoms with Crippen LogP contribution in [0, 0.1) is 11.8 Å². The lowest BCUT2D eigenvalue weighted by atomic mass is 10.1. The number of hydrogen-bond acceptors (Lipinski definition) is 6. The van der Waals surface area contributed by atoms with Gasteiger partial charge < -0.3 is 10.6 Å². The van der Waals surface area contributed by atoms with E-state index in [1.54, 1.807) is 0 Å². The summed E-state index contributed by atoms with van der Waals surface area (Å²) in [5.74, 6) is 1.64. The SMILES string of the molecule is CC(C)CCNC(=O)CSc1nnc(NCC(C)C)s1. The molecule has 0 aliphatic carbocycles. The van der Waals surface area contributed by atoms with Gasteiger partial charge in [-0.05, 0) is 18.3 Å². The second kappa shape index (κ2) is 9.18. The van der Waals surface area contributed by atoms with Gasteiger partial charge in [0.15, 0.2) is 4.34 Å². The van der Waals surface area contributed by atoms with E-state index in [9.17, 15) is 4.79 Å². The monoisotopic (exact) mass is 316 g/mol. The number of nitrogens with one attached hydrogen (secondary N) is 2. The van der Waals surface area contributed by atoms with Crippen molar-refractivity contribution in [2.45, 2.75) is 38.5 Å². The van der Waals surface area contributed by atoms with Crippen molar-refractivity contribution in [3.63, 3.8) is 0 Å². The van der Waals surface area contributed by atoms with Crippen LogP contribution in [0.15, 0.2) is 4.34 Å². The van der Waals surface area contributed by atoms with Gasteiger partial charge in [-0.1, -0.05) is 50.8 Å². The summed E-state index contributed by atoms with van der Waals surface area (Å²) in [6.07, 6.45) is 1.01. The summed E-state index contributed by atoms with van der Waals surface area (Å²) in [5, 5.41) is 15.1. The molecule has 0 unspecified atom stereocenters. The molecule has 0 aromatic carbocycles. The maximum absolute atomic E-state index is 11.6. The molecule has 114 valence electrons. The first-order valence-electron chi connectivity index (χ1n) is 6.94. The van der Waals surface area contributed by atoms with Crippen LogP contribution >= 0.6 is 23.1 Å². The molecule has 1 aromatic heterocycles. The van der Waals surface area contributed by atoms with E-state index in [1.165, 1.54) is 23.1 Å². The van der Waals surface area contributed by atoms with Crippen molar-refractivity contribution in [3.05, 3.63) is 0 Å². The highest BCUT2D eigenvalue weighted by molar-refractivity contribution is 8.01. The van der Waals surface area contributed by atoms with E-state index >= 15 is 0 Å². The average molecular weight is 316 g/mol. The number of carbonyl (C=O) groups is 1. The zero-order chi connectivity index (χ0) is 15.0. The standard InChI is InChI=1S/C13H24N4OS2/c1-9(2)5-6-14-11(18)8-19-13-17-16-12(20-13)15-7-10(3)4/h9-10H,5-8H2,1-4H3,(H,14,18)(H,15,16). The molecule has 0 aliphatic heterocycles. The van der Waals surface area contributed by atoms with Gasteiger partial charge >= 0.3 is 0 Å². The Bertz CT molecular complexity index is 407. The predicted molar refractivity (Wildman–Crippen MR) is 86.4 cm³/mol. The summed E-state index contributed by atoms with van der Waals surface area (Å²) in [5.41, 5.74) is 0. The van der Waals surface area contributed by atoms with Crippen LogP contribution in [0.4, 0.5) is 5.13 Å². The van der Waals surface area contributed by atoms with Crippen LogP contribution in [0.3, 0.4) is 0 Å². The third-order valence-corrected chi connectivity index (χ3v) is 4.45. The van der Waals surface area contributed by atoms with Crippen molar-refractivity contribution in [2.24, 2.45) is 11.8 Å². The number of aromatic nitrogens is 2. The molecule has 0 atom stereocenters. The largest absolute Gasteiger partial charge is 0.360 e. The van der Waals surface area contributed by atoms with E-state index in [2.05, 4.69) is 48.5 Å². The fraction of sp³-hybridized carbons (Fsp3) is 0.769. The lowest BCUT2D eigenvalue weighted by molar-refractivity contribution is -0.118. The Morgan fingerprint density at radius 1 is 1.25 bits per heavy atom. The molecule has 0 bridgehead atoms. The van der Waals surface area contributed by atoms with Crippen molar-refractivity contribution in [2.75, 3.05) is 24.2 Å². The molecular weight excluding hydrogens is 292 g/mol. The first kappa shape index (κ1) is 17.2. The highest BCUT2D eigenvalue weighted by Gasteiger charge is 2.08.